The average molecular weight is 404 g/mol. The molecule has 0 bridgehead atoms. The maximum Gasteiger partial charge on any atom is 0.458 e. The molecule has 0 spiro atoms. The van der Waals surface area contributed by atoms with Crippen LogP contribution in [0.3, 0.4) is 0 Å². The fraction of sp³-hybridized carbons (Fsp3) is 0.0909. The van der Waals surface area contributed by atoms with E-state index in [2.05, 4.69) is 15.1 Å². The van der Waals surface area contributed by atoms with E-state index < -0.39 is 0 Å². The van der Waals surface area contributed by atoms with Gasteiger partial charge in [0.2, 0.25) is 5.82 Å². The van der Waals surface area contributed by atoms with Crippen molar-refractivity contribution < 1.29 is 13.3 Å². The predicted octanol–water partition coefficient (Wildman–Crippen LogP) is 3.16. The molecule has 0 aliphatic carbocycles. The molecule has 0 atom stereocenters. The number of hydrogen-bond donors (Lipinski definition) is 1. The summed E-state index contributed by atoms with van der Waals surface area (Å²) in [6.07, 6.45) is 1.63. The molecule has 8 heteroatoms. The van der Waals surface area contributed by atoms with Gasteiger partial charge in [0.05, 0.1) is 6.54 Å². The second-order valence-corrected chi connectivity index (χ2v) is 7.05. The molecule has 0 fully saturated rings. The van der Waals surface area contributed by atoms with Crippen LogP contribution in [0.1, 0.15) is 11.4 Å². The first-order valence-electron chi connectivity index (χ1n) is 9.31. The molecule has 5 aromatic rings. The van der Waals surface area contributed by atoms with Crippen molar-refractivity contribution in [3.8, 4) is 11.3 Å². The summed E-state index contributed by atoms with van der Waals surface area (Å²) in [5.41, 5.74) is 2.03. The highest BCUT2D eigenvalue weighted by Crippen LogP contribution is 2.23. The number of fused-ring (bicyclic) bond motifs is 2. The second-order valence-electron chi connectivity index (χ2n) is 7.05. The topological polar surface area (TPSA) is 67.7 Å². The molecule has 0 saturated heterocycles. The monoisotopic (exact) mass is 404 g/mol. The number of nitrogens with zero attached hydrogens (tertiary/aromatic N) is 4. The van der Waals surface area contributed by atoms with E-state index in [1.165, 1.54) is 28.8 Å². The first-order valence-corrected chi connectivity index (χ1v) is 9.31. The molecule has 6 nitrogen and oxygen atoms in total. The van der Waals surface area contributed by atoms with Crippen molar-refractivity contribution in [1.29, 1.82) is 0 Å². The Morgan fingerprint density at radius 2 is 1.83 bits per heavy atom. The fourth-order valence-electron chi connectivity index (χ4n) is 3.61. The average Bonchev–Trinajstić information content (AvgIpc) is 3.09. The predicted molar refractivity (Wildman–Crippen MR) is 107 cm³/mol. The number of pyridine rings is 1. The van der Waals surface area contributed by atoms with Gasteiger partial charge in [-0.05, 0) is 48.0 Å². The summed E-state index contributed by atoms with van der Waals surface area (Å²) in [5.74, 6) is 0.297. The molecule has 0 saturated carbocycles. The third kappa shape index (κ3) is 3.02. The number of benzene rings is 2. The molecular formula is C22H16F2N5O+. The standard InChI is InChI=1S/C22H15F2N5O/c1-13-25-22-26-18-9-10-28(12-14-3-2-4-17(24)11-14)21(30)19(18)20(29(22)27-13)15-5-7-16(23)8-6-15/h2-11H,12H2,1H3/p+1. The third-order valence-corrected chi connectivity index (χ3v) is 4.92. The lowest BCUT2D eigenvalue weighted by Gasteiger charge is -2.09. The summed E-state index contributed by atoms with van der Waals surface area (Å²) in [4.78, 5) is 22.3. The molecule has 0 unspecified atom stereocenters. The zero-order valence-electron chi connectivity index (χ0n) is 15.9. The van der Waals surface area contributed by atoms with Crippen LogP contribution in [0.4, 0.5) is 8.78 Å². The highest BCUT2D eigenvalue weighted by Gasteiger charge is 2.24. The Kier molecular flexibility index (Phi) is 4.13. The molecule has 0 aliphatic heterocycles. The van der Waals surface area contributed by atoms with Gasteiger partial charge < -0.3 is 4.57 Å². The summed E-state index contributed by atoms with van der Waals surface area (Å²) in [5, 5.41) is 3.45. The van der Waals surface area contributed by atoms with E-state index in [4.69, 9.17) is 0 Å². The quantitative estimate of drug-likeness (QED) is 0.470. The smallest absolute Gasteiger partial charge is 0.310 e. The molecule has 0 radical (unpaired) electrons. The Bertz CT molecular complexity index is 1470. The Balaban J connectivity index is 1.81. The number of aromatic nitrogens is 5. The van der Waals surface area contributed by atoms with E-state index in [-0.39, 0.29) is 23.7 Å². The Labute approximate surface area is 169 Å². The molecule has 30 heavy (non-hydrogen) atoms. The van der Waals surface area contributed by atoms with E-state index in [0.717, 1.165) is 0 Å². The molecule has 0 amide bonds. The van der Waals surface area contributed by atoms with Crippen LogP contribution >= 0.6 is 0 Å². The Morgan fingerprint density at radius 1 is 1.03 bits per heavy atom. The van der Waals surface area contributed by atoms with Crippen LogP contribution < -0.4 is 10.1 Å². The molecule has 3 heterocycles. The van der Waals surface area contributed by atoms with Gasteiger partial charge in [-0.25, -0.2) is 13.9 Å². The number of aromatic amines is 1. The van der Waals surface area contributed by atoms with Crippen LogP contribution in [-0.2, 0) is 6.54 Å². The van der Waals surface area contributed by atoms with Gasteiger partial charge in [0.1, 0.15) is 17.0 Å². The molecule has 1 N–H and O–H groups in total. The number of rotatable bonds is 3. The third-order valence-electron chi connectivity index (χ3n) is 4.92. The van der Waals surface area contributed by atoms with E-state index in [1.807, 2.05) is 0 Å². The van der Waals surface area contributed by atoms with Crippen molar-refractivity contribution in [2.45, 2.75) is 13.5 Å². The van der Waals surface area contributed by atoms with Crippen LogP contribution in [0.15, 0.2) is 65.6 Å². The van der Waals surface area contributed by atoms with Crippen molar-refractivity contribution in [3.63, 3.8) is 0 Å². The number of aryl methyl sites for hydroxylation is 1. The van der Waals surface area contributed by atoms with E-state index in [0.29, 0.717) is 39.3 Å². The molecule has 5 rings (SSSR count). The molecule has 0 aliphatic rings. The summed E-state index contributed by atoms with van der Waals surface area (Å²) in [6.45, 7) is 2.00. The van der Waals surface area contributed by atoms with Crippen molar-refractivity contribution in [1.82, 2.24) is 19.6 Å². The fourth-order valence-corrected chi connectivity index (χ4v) is 3.61. The Morgan fingerprint density at radius 3 is 2.60 bits per heavy atom. The molecule has 2 aromatic carbocycles. The number of halogens is 2. The van der Waals surface area contributed by atoms with Gasteiger partial charge >= 0.3 is 5.78 Å². The Hall–Kier alpha value is -3.94. The van der Waals surface area contributed by atoms with Crippen LogP contribution in [0.2, 0.25) is 0 Å². The van der Waals surface area contributed by atoms with E-state index in [1.54, 1.807) is 48.0 Å². The molecular weight excluding hydrogens is 388 g/mol. The van der Waals surface area contributed by atoms with Crippen LogP contribution in [0, 0.1) is 18.6 Å². The van der Waals surface area contributed by atoms with Gasteiger partial charge in [-0.15, -0.1) is 4.52 Å². The van der Waals surface area contributed by atoms with Gasteiger partial charge in [-0.2, -0.15) is 0 Å². The zero-order valence-corrected chi connectivity index (χ0v) is 15.9. The minimum Gasteiger partial charge on any atom is -0.310 e. The normalized spacial score (nSPS) is 11.4. The number of H-pyrrole nitrogens is 1. The first kappa shape index (κ1) is 18.1. The number of nitrogens with one attached hydrogen (secondary N) is 1. The summed E-state index contributed by atoms with van der Waals surface area (Å²) < 4.78 is 30.2. The van der Waals surface area contributed by atoms with E-state index >= 15 is 0 Å². The maximum atomic E-state index is 13.6. The summed E-state index contributed by atoms with van der Waals surface area (Å²) >= 11 is 0. The van der Waals surface area contributed by atoms with Gasteiger partial charge in [0, 0.05) is 18.7 Å². The number of hydrogen-bond acceptors (Lipinski definition) is 3. The SMILES string of the molecule is Cc1nc2nc3ccn(Cc4cccc(F)c4)c(=O)c3c(-c3ccc(F)cc3)[n+]2[nH]1. The minimum atomic E-state index is -0.373. The van der Waals surface area contributed by atoms with Gasteiger partial charge in [0.15, 0.2) is 11.2 Å². The molecule has 148 valence electrons. The summed E-state index contributed by atoms with van der Waals surface area (Å²) in [7, 11) is 0. The maximum absolute atomic E-state index is 13.6. The highest BCUT2D eigenvalue weighted by atomic mass is 19.1. The lowest BCUT2D eigenvalue weighted by Crippen LogP contribution is -2.32. The van der Waals surface area contributed by atoms with E-state index in [9.17, 15) is 13.6 Å². The van der Waals surface area contributed by atoms with Gasteiger partial charge in [0.25, 0.3) is 5.56 Å². The lowest BCUT2D eigenvalue weighted by atomic mass is 10.1. The molecule has 3 aromatic heterocycles. The highest BCUT2D eigenvalue weighted by molar-refractivity contribution is 5.90. The van der Waals surface area contributed by atoms with Crippen molar-refractivity contribution in [2.24, 2.45) is 0 Å². The van der Waals surface area contributed by atoms with Crippen molar-refractivity contribution >= 4 is 16.7 Å². The lowest BCUT2D eigenvalue weighted by molar-refractivity contribution is -0.567. The van der Waals surface area contributed by atoms with Crippen molar-refractivity contribution in [2.75, 3.05) is 0 Å². The van der Waals surface area contributed by atoms with Gasteiger partial charge in [-0.3, -0.25) is 4.79 Å². The van der Waals surface area contributed by atoms with Gasteiger partial charge in [-0.1, -0.05) is 22.1 Å². The van der Waals surface area contributed by atoms with Crippen molar-refractivity contribution in [3.05, 3.63) is 94.2 Å². The second kappa shape index (κ2) is 6.84. The first-order chi connectivity index (χ1) is 14.5. The largest absolute Gasteiger partial charge is 0.458 e. The minimum absolute atomic E-state index is 0.208. The summed E-state index contributed by atoms with van der Waals surface area (Å²) in [6, 6.07) is 13.7. The van der Waals surface area contributed by atoms with Crippen LogP contribution in [0.5, 0.6) is 0 Å². The zero-order chi connectivity index (χ0) is 20.8. The van der Waals surface area contributed by atoms with Crippen LogP contribution in [0.25, 0.3) is 27.9 Å². The van der Waals surface area contributed by atoms with Crippen LogP contribution in [-0.4, -0.2) is 19.6 Å².